The maximum absolute atomic E-state index is 12.4. The van der Waals surface area contributed by atoms with Crippen LogP contribution in [0, 0.1) is 6.92 Å². The van der Waals surface area contributed by atoms with Gasteiger partial charge in [0.1, 0.15) is 5.75 Å². The molecule has 3 aromatic heterocycles. The average Bonchev–Trinajstić information content (AvgIpc) is 3.46. The first-order valence-electron chi connectivity index (χ1n) is 10.5. The Kier molecular flexibility index (Phi) is 5.51. The molecular weight excluding hydrogens is 420 g/mol. The fraction of sp³-hybridized carbons (Fsp3) is 0.200. The lowest BCUT2D eigenvalue weighted by atomic mass is 9.99. The molecule has 3 heterocycles. The number of nitrogens with one attached hydrogen (secondary N) is 2. The quantitative estimate of drug-likeness (QED) is 0.361. The number of nitrogens with zero attached hydrogens (tertiary/aromatic N) is 2. The van der Waals surface area contributed by atoms with Gasteiger partial charge >= 0.3 is 5.69 Å². The molecule has 0 bridgehead atoms. The summed E-state index contributed by atoms with van der Waals surface area (Å²) < 4.78 is 7.35. The van der Waals surface area contributed by atoms with Gasteiger partial charge in [-0.15, -0.1) is 11.3 Å². The van der Waals surface area contributed by atoms with Gasteiger partial charge in [0.15, 0.2) is 5.65 Å². The Hall–Kier alpha value is -3.42. The van der Waals surface area contributed by atoms with E-state index in [4.69, 9.17) is 4.74 Å². The number of hydrogen-bond donors (Lipinski definition) is 2. The summed E-state index contributed by atoms with van der Waals surface area (Å²) in [4.78, 5) is 13.8. The molecule has 6 nitrogen and oxygen atoms in total. The van der Waals surface area contributed by atoms with Crippen LogP contribution in [0.1, 0.15) is 16.0 Å². The fourth-order valence-electron chi connectivity index (χ4n) is 4.12. The number of aromatic amines is 1. The number of benzene rings is 2. The molecule has 5 aromatic rings. The molecule has 0 saturated carbocycles. The summed E-state index contributed by atoms with van der Waals surface area (Å²) in [6.07, 6.45) is 1.03. The van der Waals surface area contributed by atoms with Gasteiger partial charge in [0.25, 0.3) is 0 Å². The van der Waals surface area contributed by atoms with Crippen molar-refractivity contribution in [1.82, 2.24) is 19.9 Å². The van der Waals surface area contributed by atoms with E-state index in [1.165, 1.54) is 10.4 Å². The van der Waals surface area contributed by atoms with E-state index in [2.05, 4.69) is 57.3 Å². The minimum absolute atomic E-state index is 0.246. The minimum atomic E-state index is -0.246. The van der Waals surface area contributed by atoms with Crippen molar-refractivity contribution in [3.05, 3.63) is 86.5 Å². The largest absolute Gasteiger partial charge is 0.496 e. The van der Waals surface area contributed by atoms with E-state index in [9.17, 15) is 4.79 Å². The molecule has 0 saturated heterocycles. The molecule has 2 N–H and O–H groups in total. The van der Waals surface area contributed by atoms with Crippen molar-refractivity contribution in [3.63, 3.8) is 0 Å². The molecule has 162 valence electrons. The molecule has 0 radical (unpaired) electrons. The third-order valence-corrected chi connectivity index (χ3v) is 6.66. The molecule has 0 unspecified atom stereocenters. The van der Waals surface area contributed by atoms with E-state index in [-0.39, 0.29) is 5.69 Å². The van der Waals surface area contributed by atoms with Gasteiger partial charge in [-0.3, -0.25) is 0 Å². The van der Waals surface area contributed by atoms with Crippen molar-refractivity contribution in [2.45, 2.75) is 19.9 Å². The van der Waals surface area contributed by atoms with Crippen molar-refractivity contribution in [2.75, 3.05) is 13.7 Å². The number of aryl methyl sites for hydroxylation is 1. The van der Waals surface area contributed by atoms with Crippen molar-refractivity contribution in [3.8, 4) is 16.9 Å². The highest BCUT2D eigenvalue weighted by Crippen LogP contribution is 2.35. The third-order valence-electron chi connectivity index (χ3n) is 5.72. The number of thiophene rings is 1. The second kappa shape index (κ2) is 8.61. The summed E-state index contributed by atoms with van der Waals surface area (Å²) in [5.41, 5.74) is 5.41. The maximum Gasteiger partial charge on any atom is 0.348 e. The van der Waals surface area contributed by atoms with Crippen LogP contribution >= 0.6 is 11.3 Å². The van der Waals surface area contributed by atoms with Crippen LogP contribution in [0.5, 0.6) is 5.75 Å². The van der Waals surface area contributed by atoms with Gasteiger partial charge < -0.3 is 10.1 Å². The first kappa shape index (κ1) is 20.5. The number of aromatic nitrogens is 3. The molecule has 0 aliphatic heterocycles. The number of H-pyrrole nitrogens is 1. The first-order valence-corrected chi connectivity index (χ1v) is 11.4. The van der Waals surface area contributed by atoms with Gasteiger partial charge in [0.05, 0.1) is 12.6 Å². The zero-order valence-corrected chi connectivity index (χ0v) is 18.8. The summed E-state index contributed by atoms with van der Waals surface area (Å²) in [5, 5.41) is 13.3. The smallest absolute Gasteiger partial charge is 0.348 e. The molecule has 0 atom stereocenters. The van der Waals surface area contributed by atoms with Crippen LogP contribution < -0.4 is 15.7 Å². The molecule has 0 fully saturated rings. The number of methoxy groups -OCH3 is 1. The summed E-state index contributed by atoms with van der Waals surface area (Å²) in [6, 6.07) is 18.6. The Morgan fingerprint density at radius 3 is 2.88 bits per heavy atom. The lowest BCUT2D eigenvalue weighted by Crippen LogP contribution is -2.16. The third kappa shape index (κ3) is 3.81. The van der Waals surface area contributed by atoms with Crippen LogP contribution in [-0.4, -0.2) is 28.3 Å². The molecule has 7 heteroatoms. The highest BCUT2D eigenvalue weighted by atomic mass is 32.1. The Balaban J connectivity index is 1.49. The highest BCUT2D eigenvalue weighted by molar-refractivity contribution is 7.09. The average molecular weight is 445 g/mol. The predicted octanol–water partition coefficient (Wildman–Crippen LogP) is 4.55. The van der Waals surface area contributed by atoms with Crippen LogP contribution in [0.25, 0.3) is 27.7 Å². The Bertz CT molecular complexity index is 1450. The Morgan fingerprint density at radius 2 is 2.06 bits per heavy atom. The van der Waals surface area contributed by atoms with Crippen molar-refractivity contribution in [2.24, 2.45) is 0 Å². The van der Waals surface area contributed by atoms with Crippen LogP contribution in [-0.2, 0) is 13.0 Å². The highest BCUT2D eigenvalue weighted by Gasteiger charge is 2.14. The van der Waals surface area contributed by atoms with Crippen molar-refractivity contribution in [1.29, 1.82) is 0 Å². The van der Waals surface area contributed by atoms with E-state index in [1.54, 1.807) is 22.8 Å². The zero-order valence-electron chi connectivity index (χ0n) is 18.0. The zero-order chi connectivity index (χ0) is 22.1. The van der Waals surface area contributed by atoms with E-state index < -0.39 is 0 Å². The summed E-state index contributed by atoms with van der Waals surface area (Å²) in [7, 11) is 1.68. The number of pyridine rings is 1. The number of ether oxygens (including phenoxy) is 1. The van der Waals surface area contributed by atoms with Crippen LogP contribution in [0.15, 0.2) is 64.8 Å². The second-order valence-electron chi connectivity index (χ2n) is 7.83. The summed E-state index contributed by atoms with van der Waals surface area (Å²) in [6.45, 7) is 3.74. The van der Waals surface area contributed by atoms with E-state index in [0.29, 0.717) is 5.65 Å². The summed E-state index contributed by atoms with van der Waals surface area (Å²) in [5.74, 6) is 0.777. The van der Waals surface area contributed by atoms with Crippen LogP contribution in [0.3, 0.4) is 0 Å². The number of fused-ring (bicyclic) bond motifs is 3. The monoisotopic (exact) mass is 444 g/mol. The van der Waals surface area contributed by atoms with E-state index in [1.807, 2.05) is 25.1 Å². The second-order valence-corrected chi connectivity index (χ2v) is 8.86. The molecular formula is C25H24N4O2S. The SMILES string of the molecule is COc1cc2c(C)cc3n[nH]c(=O)n3c2cc1-c1cccc(CNCCc2cccs2)c1. The standard InChI is InChI=1S/C25H24N4O2S/c1-16-11-24-27-28-25(30)29(24)22-13-21(23(31-2)14-20(16)22)18-6-3-5-17(12-18)15-26-9-8-19-7-4-10-32-19/h3-7,10-14,26H,8-9,15H2,1-2H3,(H,28,30). The lowest BCUT2D eigenvalue weighted by Gasteiger charge is -2.14. The molecule has 5 rings (SSSR count). The first-order chi connectivity index (χ1) is 15.6. The van der Waals surface area contributed by atoms with Gasteiger partial charge in [-0.05, 0) is 65.7 Å². The number of rotatable bonds is 7. The van der Waals surface area contributed by atoms with E-state index in [0.717, 1.165) is 52.9 Å². The van der Waals surface area contributed by atoms with Crippen LogP contribution in [0.2, 0.25) is 0 Å². The molecule has 0 aliphatic rings. The minimum Gasteiger partial charge on any atom is -0.496 e. The van der Waals surface area contributed by atoms with Gasteiger partial charge in [-0.2, -0.15) is 5.10 Å². The molecule has 0 amide bonds. The van der Waals surface area contributed by atoms with Gasteiger partial charge in [0.2, 0.25) is 0 Å². The normalized spacial score (nSPS) is 11.4. The van der Waals surface area contributed by atoms with Gasteiger partial charge in [-0.25, -0.2) is 14.3 Å². The van der Waals surface area contributed by atoms with Crippen molar-refractivity contribution < 1.29 is 4.74 Å². The summed E-state index contributed by atoms with van der Waals surface area (Å²) >= 11 is 1.79. The number of hydrogen-bond acceptors (Lipinski definition) is 5. The lowest BCUT2D eigenvalue weighted by molar-refractivity contribution is 0.417. The maximum atomic E-state index is 12.4. The molecule has 0 spiro atoms. The molecule has 0 aliphatic carbocycles. The van der Waals surface area contributed by atoms with Gasteiger partial charge in [0, 0.05) is 28.9 Å². The molecule has 32 heavy (non-hydrogen) atoms. The Morgan fingerprint density at radius 1 is 1.16 bits per heavy atom. The van der Waals surface area contributed by atoms with Crippen LogP contribution in [0.4, 0.5) is 0 Å². The molecule has 2 aromatic carbocycles. The predicted molar refractivity (Wildman–Crippen MR) is 130 cm³/mol. The Labute approximate surface area is 189 Å². The van der Waals surface area contributed by atoms with Gasteiger partial charge in [-0.1, -0.05) is 24.3 Å². The fourth-order valence-corrected chi connectivity index (χ4v) is 4.83. The van der Waals surface area contributed by atoms with E-state index >= 15 is 0 Å². The van der Waals surface area contributed by atoms with Crippen molar-refractivity contribution >= 4 is 27.9 Å². The topological polar surface area (TPSA) is 71.4 Å².